The molecule has 6 aliphatic carbocycles. The summed E-state index contributed by atoms with van der Waals surface area (Å²) in [6.45, 7) is 9.08. The summed E-state index contributed by atoms with van der Waals surface area (Å²) in [5.74, 6) is 3.54. The van der Waals surface area contributed by atoms with E-state index in [-0.39, 0.29) is 0 Å². The largest absolute Gasteiger partial charge is 0.103 e. The number of hydrogen-bond acceptors (Lipinski definition) is 0. The zero-order chi connectivity index (χ0) is 28.2. The molecule has 0 aromatic rings. The third kappa shape index (κ3) is 6.14. The van der Waals surface area contributed by atoms with Crippen LogP contribution in [0.5, 0.6) is 0 Å². The standard InChI is InChI=1S/C41H52/c1-4-31(32-15-6-5-7-16-32)23-22-30(3)34-24-26-40(38-20-12-10-18-36(34)38)41-27-25-35(37-19-11-13-21-39(37)41)33-17-9-8-14-29(2)28-33/h4,6,8-9,11,14-15,17,19,24,26,30-32,34,36H,1,5,7,10,12-13,16,18,20-23,25,27-28H2,2-3H3. The second kappa shape index (κ2) is 13.1. The van der Waals surface area contributed by atoms with Crippen LogP contribution in [-0.2, 0) is 0 Å². The highest BCUT2D eigenvalue weighted by Crippen LogP contribution is 2.50. The lowest BCUT2D eigenvalue weighted by Gasteiger charge is -2.40. The Kier molecular flexibility index (Phi) is 9.14. The summed E-state index contributed by atoms with van der Waals surface area (Å²) < 4.78 is 0. The molecule has 0 aromatic carbocycles. The van der Waals surface area contributed by atoms with E-state index in [1.807, 2.05) is 5.57 Å². The highest BCUT2D eigenvalue weighted by molar-refractivity contribution is 5.63. The first-order valence-corrected chi connectivity index (χ1v) is 17.0. The van der Waals surface area contributed by atoms with Crippen molar-refractivity contribution >= 4 is 0 Å². The van der Waals surface area contributed by atoms with E-state index in [9.17, 15) is 0 Å². The van der Waals surface area contributed by atoms with Gasteiger partial charge in [0.2, 0.25) is 0 Å². The van der Waals surface area contributed by atoms with Crippen LogP contribution in [0, 0.1) is 29.6 Å². The van der Waals surface area contributed by atoms with E-state index < -0.39 is 0 Å². The molecule has 0 nitrogen and oxygen atoms in total. The van der Waals surface area contributed by atoms with Gasteiger partial charge in [-0.25, -0.2) is 0 Å². The van der Waals surface area contributed by atoms with E-state index in [1.54, 1.807) is 27.9 Å². The van der Waals surface area contributed by atoms with Gasteiger partial charge in [-0.05, 0) is 153 Å². The molecule has 0 N–H and O–H groups in total. The molecular formula is C41H52. The SMILES string of the molecule is C=CC(CCC(C)C1C=CC(C2=C3CCC=CC3=C(C3=CC=CC=C(C)C3)CC2)=C2CCCCC21)C1C=CCCC1. The van der Waals surface area contributed by atoms with E-state index in [0.29, 0.717) is 17.8 Å². The normalized spacial score (nSPS) is 29.5. The Morgan fingerprint density at radius 1 is 0.829 bits per heavy atom. The smallest absolute Gasteiger partial charge is 0.00638 e. The van der Waals surface area contributed by atoms with Gasteiger partial charge >= 0.3 is 0 Å². The van der Waals surface area contributed by atoms with E-state index in [1.165, 1.54) is 94.6 Å². The summed E-state index contributed by atoms with van der Waals surface area (Å²) >= 11 is 0. The second-order valence-corrected chi connectivity index (χ2v) is 13.8. The Hall–Kier alpha value is -2.60. The summed E-state index contributed by atoms with van der Waals surface area (Å²) in [6, 6.07) is 0. The predicted octanol–water partition coefficient (Wildman–Crippen LogP) is 11.8. The average molecular weight is 545 g/mol. The number of fused-ring (bicyclic) bond motifs is 2. The Labute approximate surface area is 250 Å². The molecule has 41 heavy (non-hydrogen) atoms. The quantitative estimate of drug-likeness (QED) is 0.267. The van der Waals surface area contributed by atoms with Crippen molar-refractivity contribution < 1.29 is 0 Å². The molecule has 1 fully saturated rings. The van der Waals surface area contributed by atoms with Gasteiger partial charge in [-0.1, -0.05) is 91.3 Å². The third-order valence-electron chi connectivity index (χ3n) is 11.2. The van der Waals surface area contributed by atoms with Gasteiger partial charge in [0.05, 0.1) is 0 Å². The van der Waals surface area contributed by atoms with Crippen molar-refractivity contribution in [3.63, 3.8) is 0 Å². The van der Waals surface area contributed by atoms with Gasteiger partial charge < -0.3 is 0 Å². The Morgan fingerprint density at radius 2 is 1.68 bits per heavy atom. The predicted molar refractivity (Wildman–Crippen MR) is 177 cm³/mol. The fourth-order valence-electron chi connectivity index (χ4n) is 8.92. The van der Waals surface area contributed by atoms with Gasteiger partial charge in [0.25, 0.3) is 0 Å². The monoisotopic (exact) mass is 544 g/mol. The van der Waals surface area contributed by atoms with Crippen LogP contribution in [0.4, 0.5) is 0 Å². The molecule has 216 valence electrons. The summed E-state index contributed by atoms with van der Waals surface area (Å²) in [5, 5.41) is 0. The minimum atomic E-state index is 0.643. The Morgan fingerprint density at radius 3 is 2.54 bits per heavy atom. The van der Waals surface area contributed by atoms with Gasteiger partial charge in [-0.2, -0.15) is 0 Å². The molecule has 0 spiro atoms. The molecule has 6 aliphatic rings. The lowest BCUT2D eigenvalue weighted by atomic mass is 9.64. The topological polar surface area (TPSA) is 0 Å². The first-order chi connectivity index (χ1) is 20.1. The van der Waals surface area contributed by atoms with Crippen molar-refractivity contribution in [3.05, 3.63) is 118 Å². The lowest BCUT2D eigenvalue weighted by Crippen LogP contribution is -2.29. The number of allylic oxidation sites excluding steroid dienone is 19. The maximum absolute atomic E-state index is 4.25. The van der Waals surface area contributed by atoms with Gasteiger partial charge in [-0.3, -0.25) is 0 Å². The highest BCUT2D eigenvalue weighted by Gasteiger charge is 2.36. The number of hydrogen-bond donors (Lipinski definition) is 0. The maximum atomic E-state index is 4.25. The highest BCUT2D eigenvalue weighted by atomic mass is 14.4. The first-order valence-electron chi connectivity index (χ1n) is 17.0. The molecular weight excluding hydrogens is 492 g/mol. The Balaban J connectivity index is 1.26. The summed E-state index contributed by atoms with van der Waals surface area (Å²) in [7, 11) is 0. The molecule has 0 aliphatic heterocycles. The van der Waals surface area contributed by atoms with Crippen molar-refractivity contribution in [2.45, 2.75) is 104 Å². The van der Waals surface area contributed by atoms with E-state index in [0.717, 1.165) is 18.3 Å². The van der Waals surface area contributed by atoms with Crippen LogP contribution < -0.4 is 0 Å². The van der Waals surface area contributed by atoms with Crippen molar-refractivity contribution in [2.75, 3.05) is 0 Å². The molecule has 0 heterocycles. The second-order valence-electron chi connectivity index (χ2n) is 13.8. The molecule has 0 radical (unpaired) electrons. The fourth-order valence-corrected chi connectivity index (χ4v) is 8.92. The van der Waals surface area contributed by atoms with E-state index in [4.69, 9.17) is 0 Å². The minimum absolute atomic E-state index is 0.643. The molecule has 0 heteroatoms. The summed E-state index contributed by atoms with van der Waals surface area (Å²) in [6.07, 6.45) is 44.4. The van der Waals surface area contributed by atoms with Crippen LogP contribution in [0.25, 0.3) is 0 Å². The minimum Gasteiger partial charge on any atom is -0.103 e. The molecule has 5 unspecified atom stereocenters. The zero-order valence-electron chi connectivity index (χ0n) is 25.8. The van der Waals surface area contributed by atoms with Crippen molar-refractivity contribution in [1.29, 1.82) is 0 Å². The lowest BCUT2D eigenvalue weighted by molar-refractivity contribution is 0.251. The van der Waals surface area contributed by atoms with Crippen LogP contribution in [0.2, 0.25) is 0 Å². The van der Waals surface area contributed by atoms with E-state index in [2.05, 4.69) is 87.3 Å². The van der Waals surface area contributed by atoms with Crippen molar-refractivity contribution in [1.82, 2.24) is 0 Å². The van der Waals surface area contributed by atoms with Gasteiger partial charge in [0.1, 0.15) is 0 Å². The Bertz CT molecular complexity index is 1290. The van der Waals surface area contributed by atoms with Crippen LogP contribution in [0.3, 0.4) is 0 Å². The van der Waals surface area contributed by atoms with Gasteiger partial charge in [-0.15, -0.1) is 6.58 Å². The van der Waals surface area contributed by atoms with Crippen molar-refractivity contribution in [3.8, 4) is 0 Å². The molecule has 0 aromatic heterocycles. The fraction of sp³-hybridized carbons (Fsp3) is 0.512. The molecule has 0 bridgehead atoms. The zero-order valence-corrected chi connectivity index (χ0v) is 25.8. The number of rotatable bonds is 8. The van der Waals surface area contributed by atoms with Crippen LogP contribution in [-0.4, -0.2) is 0 Å². The molecule has 5 atom stereocenters. The van der Waals surface area contributed by atoms with Gasteiger partial charge in [0.15, 0.2) is 0 Å². The average Bonchev–Trinajstić information content (AvgIpc) is 3.25. The molecule has 6 rings (SSSR count). The third-order valence-corrected chi connectivity index (χ3v) is 11.2. The van der Waals surface area contributed by atoms with E-state index >= 15 is 0 Å². The van der Waals surface area contributed by atoms with Crippen LogP contribution in [0.15, 0.2) is 118 Å². The van der Waals surface area contributed by atoms with Crippen molar-refractivity contribution in [2.24, 2.45) is 29.6 Å². The van der Waals surface area contributed by atoms with Crippen LogP contribution in [0.1, 0.15) is 104 Å². The maximum Gasteiger partial charge on any atom is -0.00638 e. The van der Waals surface area contributed by atoms with Crippen LogP contribution >= 0.6 is 0 Å². The molecule has 0 saturated heterocycles. The molecule has 0 amide bonds. The first kappa shape index (κ1) is 28.5. The molecule has 1 saturated carbocycles. The van der Waals surface area contributed by atoms with Gasteiger partial charge in [0, 0.05) is 0 Å². The summed E-state index contributed by atoms with van der Waals surface area (Å²) in [5.41, 5.74) is 13.0. The summed E-state index contributed by atoms with van der Waals surface area (Å²) in [4.78, 5) is 0.